The molecule has 0 aromatic rings. The summed E-state index contributed by atoms with van der Waals surface area (Å²) in [5.74, 6) is -1.44. The molecule has 0 amide bonds. The highest BCUT2D eigenvalue weighted by Crippen LogP contribution is 2.47. The van der Waals surface area contributed by atoms with Gasteiger partial charge in [0.25, 0.3) is 0 Å². The Balaban J connectivity index is 2.42. The lowest BCUT2D eigenvalue weighted by Crippen LogP contribution is -2.49. The molecule has 2 aliphatic carbocycles. The minimum atomic E-state index is -2.31. The van der Waals surface area contributed by atoms with E-state index in [0.29, 0.717) is 32.1 Å². The van der Waals surface area contributed by atoms with Gasteiger partial charge in [-0.15, -0.1) is 0 Å². The Labute approximate surface area is 257 Å². The largest absolute Gasteiger partial charge is 0.469 e. The zero-order valence-corrected chi connectivity index (χ0v) is 30.3. The van der Waals surface area contributed by atoms with E-state index in [0.717, 1.165) is 12.8 Å². The van der Waals surface area contributed by atoms with Crippen molar-refractivity contribution >= 4 is 22.6 Å². The highest BCUT2D eigenvalue weighted by molar-refractivity contribution is 6.74. The van der Waals surface area contributed by atoms with E-state index in [2.05, 4.69) is 72.5 Å². The van der Waals surface area contributed by atoms with Gasteiger partial charge in [0.15, 0.2) is 16.6 Å². The monoisotopic (exact) mass is 630 g/mol. The van der Waals surface area contributed by atoms with Gasteiger partial charge in [-0.2, -0.15) is 0 Å². The Hall–Kier alpha value is -0.876. The van der Waals surface area contributed by atoms with E-state index in [-0.39, 0.29) is 28.6 Å². The molecule has 9 heteroatoms. The second-order valence-electron chi connectivity index (χ2n) is 15.6. The Morgan fingerprint density at radius 3 is 2.12 bits per heavy atom. The van der Waals surface area contributed by atoms with Crippen LogP contribution >= 0.6 is 0 Å². The Kier molecular flexibility index (Phi) is 12.9. The zero-order valence-electron chi connectivity index (χ0n) is 28.3. The third-order valence-electron chi connectivity index (χ3n) is 10.4. The summed E-state index contributed by atoms with van der Waals surface area (Å²) in [7, 11) is -3.20. The van der Waals surface area contributed by atoms with Crippen molar-refractivity contribution in [3.63, 3.8) is 0 Å². The van der Waals surface area contributed by atoms with Crippen LogP contribution in [0.2, 0.25) is 36.3 Å². The number of rotatable bonds is 13. The second kappa shape index (κ2) is 14.5. The highest BCUT2D eigenvalue weighted by Gasteiger charge is 2.51. The van der Waals surface area contributed by atoms with Crippen LogP contribution in [0.3, 0.4) is 0 Å². The molecule has 1 N–H and O–H groups in total. The summed E-state index contributed by atoms with van der Waals surface area (Å²) in [5, 5.41) is 11.1. The van der Waals surface area contributed by atoms with Gasteiger partial charge in [-0.25, -0.2) is 8.78 Å². The molecule has 0 saturated heterocycles. The van der Waals surface area contributed by atoms with Gasteiger partial charge < -0.3 is 18.7 Å². The molecule has 0 aromatic heterocycles. The molecule has 0 aliphatic heterocycles. The smallest absolute Gasteiger partial charge is 0.305 e. The standard InChI is InChI=1S/C33H60F2O5Si2/c1-31(2,3)41(8,9)39-27-23-26(36)30(25(34)17-13-12-14-18-29(37)38-7)24(27)19-20-28(33(35)21-15-16-22-33)40-42(10,11)32(4,5)6/h13,17,19-20,24-28,30,36H,12,14-16,18,21-23H2,1-11H3/t24-,25?,26-,27+,28?,30+/m0/s1. The van der Waals surface area contributed by atoms with Gasteiger partial charge >= 0.3 is 5.97 Å². The lowest BCUT2D eigenvalue weighted by molar-refractivity contribution is -0.140. The van der Waals surface area contributed by atoms with Crippen LogP contribution in [0, 0.1) is 11.8 Å². The molecular weight excluding hydrogens is 571 g/mol. The van der Waals surface area contributed by atoms with Gasteiger partial charge in [0.1, 0.15) is 11.8 Å². The predicted octanol–water partition coefficient (Wildman–Crippen LogP) is 8.84. The second-order valence-corrected chi connectivity index (χ2v) is 25.2. The molecule has 244 valence electrons. The molecule has 2 rings (SSSR count). The SMILES string of the molecule is COC(=O)CCCC=CC(F)[C@H]1[C@@H](C=CC(O[Si](C)(C)C(C)(C)C)C2(F)CCCC2)[C@H](O[Si](C)(C)C(C)(C)C)C[C@@H]1O. The lowest BCUT2D eigenvalue weighted by Gasteiger charge is -2.42. The number of halogens is 2. The zero-order chi connectivity index (χ0) is 32.1. The number of ether oxygens (including phenoxy) is 1. The number of unbranched alkanes of at least 4 members (excludes halogenated alkanes) is 1. The summed E-state index contributed by atoms with van der Waals surface area (Å²) in [6.07, 6.45) is 7.87. The van der Waals surface area contributed by atoms with Gasteiger partial charge in [0.05, 0.1) is 25.4 Å². The van der Waals surface area contributed by atoms with E-state index in [1.807, 2.05) is 12.2 Å². The van der Waals surface area contributed by atoms with Gasteiger partial charge in [-0.1, -0.05) is 78.7 Å². The molecule has 2 saturated carbocycles. The summed E-state index contributed by atoms with van der Waals surface area (Å²) in [4.78, 5) is 11.4. The Bertz CT molecular complexity index is 932. The van der Waals surface area contributed by atoms with E-state index in [1.165, 1.54) is 13.2 Å². The van der Waals surface area contributed by atoms with Crippen molar-refractivity contribution < 1.29 is 32.3 Å². The van der Waals surface area contributed by atoms with Crippen LogP contribution < -0.4 is 0 Å². The quantitative estimate of drug-likeness (QED) is 0.0953. The number of allylic oxidation sites excluding steroid dienone is 2. The van der Waals surface area contributed by atoms with Crippen molar-refractivity contribution in [2.24, 2.45) is 11.8 Å². The number of alkyl halides is 2. The molecule has 5 nitrogen and oxygen atoms in total. The van der Waals surface area contributed by atoms with Gasteiger partial charge in [-0.05, 0) is 68.4 Å². The van der Waals surface area contributed by atoms with Crippen molar-refractivity contribution in [3.05, 3.63) is 24.3 Å². The molecule has 0 aromatic carbocycles. The Morgan fingerprint density at radius 1 is 1.02 bits per heavy atom. The average molecular weight is 631 g/mol. The van der Waals surface area contributed by atoms with E-state index in [1.54, 1.807) is 6.08 Å². The summed E-state index contributed by atoms with van der Waals surface area (Å²) in [5.41, 5.74) is -1.46. The van der Waals surface area contributed by atoms with Crippen LogP contribution in [0.1, 0.15) is 92.9 Å². The summed E-state index contributed by atoms with van der Waals surface area (Å²) >= 11 is 0. The van der Waals surface area contributed by atoms with Crippen molar-refractivity contribution in [1.29, 1.82) is 0 Å². The minimum Gasteiger partial charge on any atom is -0.469 e. The fraction of sp³-hybridized carbons (Fsp3) is 0.848. The molecule has 42 heavy (non-hydrogen) atoms. The summed E-state index contributed by atoms with van der Waals surface area (Å²) < 4.78 is 50.5. The maximum Gasteiger partial charge on any atom is 0.305 e. The van der Waals surface area contributed by atoms with Gasteiger partial charge in [0.2, 0.25) is 0 Å². The van der Waals surface area contributed by atoms with Crippen molar-refractivity contribution in [2.75, 3.05) is 7.11 Å². The normalized spacial score (nSPS) is 27.2. The third kappa shape index (κ3) is 9.56. The molecule has 0 spiro atoms. The van der Waals surface area contributed by atoms with Crippen LogP contribution in [-0.4, -0.2) is 65.0 Å². The van der Waals surface area contributed by atoms with E-state index in [9.17, 15) is 9.90 Å². The molecule has 0 bridgehead atoms. The van der Waals surface area contributed by atoms with E-state index in [4.69, 9.17) is 8.85 Å². The number of aliphatic hydroxyl groups is 1. The van der Waals surface area contributed by atoms with Gasteiger partial charge in [-0.3, -0.25) is 4.79 Å². The van der Waals surface area contributed by atoms with E-state index < -0.39 is 52.5 Å². The van der Waals surface area contributed by atoms with Crippen LogP contribution in [0.25, 0.3) is 0 Å². The molecule has 0 radical (unpaired) electrons. The van der Waals surface area contributed by atoms with Crippen LogP contribution in [0.4, 0.5) is 8.78 Å². The summed E-state index contributed by atoms with van der Waals surface area (Å²) in [6, 6.07) is 0. The van der Waals surface area contributed by atoms with Crippen LogP contribution in [-0.2, 0) is 18.4 Å². The number of hydrogen-bond acceptors (Lipinski definition) is 5. The van der Waals surface area contributed by atoms with Crippen molar-refractivity contribution in [3.8, 4) is 0 Å². The molecule has 2 fully saturated rings. The molecule has 6 atom stereocenters. The average Bonchev–Trinajstić information content (AvgIpc) is 3.42. The van der Waals surface area contributed by atoms with Crippen LogP contribution in [0.5, 0.6) is 0 Å². The first-order chi connectivity index (χ1) is 19.1. The number of methoxy groups -OCH3 is 1. The maximum absolute atomic E-state index is 16.4. The molecule has 2 unspecified atom stereocenters. The minimum absolute atomic E-state index is 0.0558. The Morgan fingerprint density at radius 2 is 1.60 bits per heavy atom. The topological polar surface area (TPSA) is 65.0 Å². The number of hydrogen-bond donors (Lipinski definition) is 1. The maximum atomic E-state index is 16.4. The van der Waals surface area contributed by atoms with Gasteiger partial charge in [0, 0.05) is 18.3 Å². The molecule has 0 heterocycles. The first kappa shape index (κ1) is 37.3. The molecule has 2 aliphatic rings. The summed E-state index contributed by atoms with van der Waals surface area (Å²) in [6.45, 7) is 21.6. The first-order valence-electron chi connectivity index (χ1n) is 15.9. The third-order valence-corrected chi connectivity index (χ3v) is 19.4. The van der Waals surface area contributed by atoms with Crippen LogP contribution in [0.15, 0.2) is 24.3 Å². The van der Waals surface area contributed by atoms with Crippen molar-refractivity contribution in [2.45, 2.75) is 159 Å². The fourth-order valence-corrected chi connectivity index (χ4v) is 8.17. The number of aliphatic hydroxyl groups excluding tert-OH is 1. The number of carbonyl (C=O) groups excluding carboxylic acids is 1. The number of carbonyl (C=O) groups is 1. The van der Waals surface area contributed by atoms with Crippen molar-refractivity contribution in [1.82, 2.24) is 0 Å². The molecular formula is C33H60F2O5Si2. The van der Waals surface area contributed by atoms with E-state index >= 15 is 8.78 Å². The fourth-order valence-electron chi connectivity index (χ4n) is 5.52. The first-order valence-corrected chi connectivity index (χ1v) is 21.8. The predicted molar refractivity (Wildman–Crippen MR) is 173 cm³/mol. The number of esters is 1. The highest BCUT2D eigenvalue weighted by atomic mass is 28.4. The lowest BCUT2D eigenvalue weighted by atomic mass is 9.87.